The lowest BCUT2D eigenvalue weighted by molar-refractivity contribution is -0.143. The van der Waals surface area contributed by atoms with E-state index in [1.807, 2.05) is 6.07 Å². The van der Waals surface area contributed by atoms with E-state index in [-0.39, 0.29) is 30.7 Å². The van der Waals surface area contributed by atoms with Crippen molar-refractivity contribution in [3.63, 3.8) is 0 Å². The molecule has 35 heavy (non-hydrogen) atoms. The Morgan fingerprint density at radius 1 is 1.17 bits per heavy atom. The molecule has 0 unspecified atom stereocenters. The summed E-state index contributed by atoms with van der Waals surface area (Å²) in [6.07, 6.45) is 4.36. The van der Waals surface area contributed by atoms with Crippen LogP contribution in [0, 0.1) is 11.8 Å². The highest BCUT2D eigenvalue weighted by Crippen LogP contribution is 2.30. The fraction of sp³-hybridized carbons (Fsp3) is 0.391. The summed E-state index contributed by atoms with van der Waals surface area (Å²) >= 11 is 0. The van der Waals surface area contributed by atoms with Gasteiger partial charge in [-0.05, 0) is 49.3 Å². The van der Waals surface area contributed by atoms with Crippen molar-refractivity contribution in [2.75, 3.05) is 23.8 Å². The van der Waals surface area contributed by atoms with Crippen LogP contribution in [0.25, 0.3) is 11.0 Å². The number of H-pyrrole nitrogens is 1. The van der Waals surface area contributed by atoms with Crippen LogP contribution in [0.4, 0.5) is 11.5 Å². The van der Waals surface area contributed by atoms with E-state index in [1.54, 1.807) is 12.1 Å². The van der Waals surface area contributed by atoms with E-state index in [4.69, 9.17) is 9.84 Å². The van der Waals surface area contributed by atoms with Crippen LogP contribution >= 0.6 is 0 Å². The van der Waals surface area contributed by atoms with Crippen LogP contribution in [0.2, 0.25) is 0 Å². The predicted molar refractivity (Wildman–Crippen MR) is 125 cm³/mol. The van der Waals surface area contributed by atoms with E-state index in [9.17, 15) is 14.4 Å². The molecule has 3 heterocycles. The Hall–Kier alpha value is -4.22. The number of hydrogen-bond donors (Lipinski definition) is 5. The quantitative estimate of drug-likeness (QED) is 0.339. The van der Waals surface area contributed by atoms with Gasteiger partial charge in [0, 0.05) is 13.1 Å². The number of nitrogens with zero attached hydrogens (tertiary/aromatic N) is 3. The van der Waals surface area contributed by atoms with Gasteiger partial charge in [0.2, 0.25) is 0 Å². The van der Waals surface area contributed by atoms with Gasteiger partial charge in [0.1, 0.15) is 23.1 Å². The van der Waals surface area contributed by atoms with Gasteiger partial charge < -0.3 is 25.8 Å². The molecule has 12 heteroatoms. The number of aromatic amines is 1. The van der Waals surface area contributed by atoms with Gasteiger partial charge in [-0.3, -0.25) is 19.5 Å². The lowest BCUT2D eigenvalue weighted by Gasteiger charge is -2.26. The van der Waals surface area contributed by atoms with E-state index in [2.05, 4.69) is 36.1 Å². The number of nitrogens with one attached hydrogen (secondary N) is 4. The maximum absolute atomic E-state index is 12.9. The van der Waals surface area contributed by atoms with Gasteiger partial charge in [0.15, 0.2) is 18.1 Å². The number of aromatic nitrogens is 4. The van der Waals surface area contributed by atoms with Gasteiger partial charge >= 0.3 is 5.97 Å². The molecule has 1 saturated carbocycles. The molecule has 12 nitrogen and oxygen atoms in total. The summed E-state index contributed by atoms with van der Waals surface area (Å²) in [5, 5.41) is 25.1. The van der Waals surface area contributed by atoms with Crippen LogP contribution < -0.4 is 20.7 Å². The SMILES string of the molecule is O=C1COc2ccc(CNC(=O)c3ncnc4c(NC[C@H]5CC[C@H](C(=O)O)CC5)n[nH]c34)cc2N1. The minimum atomic E-state index is -0.718. The topological polar surface area (TPSA) is 171 Å². The number of rotatable bonds is 7. The van der Waals surface area contributed by atoms with Crippen molar-refractivity contribution in [3.05, 3.63) is 35.8 Å². The Bertz CT molecular complexity index is 1280. The molecule has 1 aliphatic carbocycles. The minimum Gasteiger partial charge on any atom is -0.482 e. The normalized spacial score (nSPS) is 19.4. The van der Waals surface area contributed by atoms with Crippen LogP contribution in [-0.4, -0.2) is 56.2 Å². The molecule has 3 aromatic rings. The molecule has 5 rings (SSSR count). The minimum absolute atomic E-state index is 0.0142. The second-order valence-corrected chi connectivity index (χ2v) is 8.80. The second-order valence-electron chi connectivity index (χ2n) is 8.80. The second kappa shape index (κ2) is 9.57. The van der Waals surface area contributed by atoms with Crippen molar-refractivity contribution in [1.82, 2.24) is 25.5 Å². The molecule has 1 aromatic carbocycles. The molecule has 2 amide bonds. The van der Waals surface area contributed by atoms with Crippen molar-refractivity contribution in [2.24, 2.45) is 11.8 Å². The largest absolute Gasteiger partial charge is 0.482 e. The molecule has 0 radical (unpaired) electrons. The van der Waals surface area contributed by atoms with Crippen molar-refractivity contribution in [1.29, 1.82) is 0 Å². The smallest absolute Gasteiger partial charge is 0.306 e. The number of carboxylic acid groups (broad SMARTS) is 1. The third-order valence-electron chi connectivity index (χ3n) is 6.45. The van der Waals surface area contributed by atoms with Crippen LogP contribution in [0.3, 0.4) is 0 Å². The zero-order valence-electron chi connectivity index (χ0n) is 18.8. The number of hydrogen-bond acceptors (Lipinski definition) is 8. The van der Waals surface area contributed by atoms with Crippen LogP contribution in [-0.2, 0) is 16.1 Å². The molecule has 0 bridgehead atoms. The number of carboxylic acids is 1. The first-order valence-corrected chi connectivity index (χ1v) is 11.5. The van der Waals surface area contributed by atoms with E-state index in [0.29, 0.717) is 53.6 Å². The third-order valence-corrected chi connectivity index (χ3v) is 6.45. The van der Waals surface area contributed by atoms with Crippen molar-refractivity contribution >= 4 is 40.3 Å². The molecule has 1 fully saturated rings. The van der Waals surface area contributed by atoms with Gasteiger partial charge in [0.05, 0.1) is 11.6 Å². The standard InChI is InChI=1S/C23H25N7O5/c31-17-10-35-16-6-3-13(7-15(16)28-17)9-25-22(32)20-18-19(26-11-27-20)21(30-29-18)24-8-12-1-4-14(5-2-12)23(33)34/h3,6-7,11-12,14H,1-2,4-5,8-10H2,(H,25,32)(H,28,31)(H,33,34)(H2,24,29,30)/t12-,14-. The van der Waals surface area contributed by atoms with Crippen molar-refractivity contribution < 1.29 is 24.2 Å². The average molecular weight is 479 g/mol. The van der Waals surface area contributed by atoms with Gasteiger partial charge in [-0.25, -0.2) is 9.97 Å². The van der Waals surface area contributed by atoms with Crippen LogP contribution in [0.5, 0.6) is 5.75 Å². The molecule has 2 aromatic heterocycles. The van der Waals surface area contributed by atoms with Crippen molar-refractivity contribution in [3.8, 4) is 5.75 Å². The molecular formula is C23H25N7O5. The Morgan fingerprint density at radius 3 is 2.80 bits per heavy atom. The zero-order chi connectivity index (χ0) is 24.4. The molecule has 0 atom stereocenters. The highest BCUT2D eigenvalue weighted by Gasteiger charge is 2.26. The molecule has 0 saturated heterocycles. The average Bonchev–Trinajstić information content (AvgIpc) is 3.29. The van der Waals surface area contributed by atoms with E-state index >= 15 is 0 Å². The van der Waals surface area contributed by atoms with E-state index in [1.165, 1.54) is 6.33 Å². The maximum Gasteiger partial charge on any atom is 0.306 e. The summed E-state index contributed by atoms with van der Waals surface area (Å²) in [7, 11) is 0. The summed E-state index contributed by atoms with van der Waals surface area (Å²) in [6, 6.07) is 5.32. The van der Waals surface area contributed by atoms with Gasteiger partial charge in [-0.2, -0.15) is 5.10 Å². The number of fused-ring (bicyclic) bond motifs is 2. The van der Waals surface area contributed by atoms with E-state index < -0.39 is 11.9 Å². The van der Waals surface area contributed by atoms with Gasteiger partial charge in [-0.1, -0.05) is 6.07 Å². The van der Waals surface area contributed by atoms with Gasteiger partial charge in [-0.15, -0.1) is 0 Å². The summed E-state index contributed by atoms with van der Waals surface area (Å²) in [6.45, 7) is 0.863. The third kappa shape index (κ3) is 4.86. The predicted octanol–water partition coefficient (Wildman–Crippen LogP) is 1.92. The van der Waals surface area contributed by atoms with Crippen molar-refractivity contribution in [2.45, 2.75) is 32.2 Å². The fourth-order valence-corrected chi connectivity index (χ4v) is 4.49. The Kier molecular flexibility index (Phi) is 6.17. The lowest BCUT2D eigenvalue weighted by Crippen LogP contribution is -2.26. The number of benzene rings is 1. The van der Waals surface area contributed by atoms with Crippen LogP contribution in [0.15, 0.2) is 24.5 Å². The van der Waals surface area contributed by atoms with Gasteiger partial charge in [0.25, 0.3) is 11.8 Å². The highest BCUT2D eigenvalue weighted by molar-refractivity contribution is 6.04. The number of amides is 2. The Morgan fingerprint density at radius 2 is 2.00 bits per heavy atom. The maximum atomic E-state index is 12.9. The Labute approximate surface area is 199 Å². The highest BCUT2D eigenvalue weighted by atomic mass is 16.5. The first-order valence-electron chi connectivity index (χ1n) is 11.5. The summed E-state index contributed by atoms with van der Waals surface area (Å²) in [5.74, 6) is -0.110. The first kappa shape index (κ1) is 22.6. The summed E-state index contributed by atoms with van der Waals surface area (Å²) < 4.78 is 5.35. The Balaban J connectivity index is 1.22. The molecule has 1 aliphatic heterocycles. The molecule has 182 valence electrons. The number of carbonyl (C=O) groups excluding carboxylic acids is 2. The van der Waals surface area contributed by atoms with Crippen LogP contribution in [0.1, 0.15) is 41.7 Å². The zero-order valence-corrected chi connectivity index (χ0v) is 18.8. The first-order chi connectivity index (χ1) is 17.0. The monoisotopic (exact) mass is 479 g/mol. The number of anilines is 2. The molecule has 2 aliphatic rings. The number of aliphatic carboxylic acids is 1. The number of carbonyl (C=O) groups is 3. The molecular weight excluding hydrogens is 454 g/mol. The lowest BCUT2D eigenvalue weighted by atomic mass is 9.82. The summed E-state index contributed by atoms with van der Waals surface area (Å²) in [5.41, 5.74) is 2.47. The molecule has 5 N–H and O–H groups in total. The fourth-order valence-electron chi connectivity index (χ4n) is 4.49. The van der Waals surface area contributed by atoms with E-state index in [0.717, 1.165) is 18.4 Å². The summed E-state index contributed by atoms with van der Waals surface area (Å²) in [4.78, 5) is 43.9. The number of ether oxygens (including phenoxy) is 1. The molecule has 0 spiro atoms.